The Labute approximate surface area is 218 Å². The first-order chi connectivity index (χ1) is 17.4. The molecule has 1 saturated heterocycles. The zero-order valence-corrected chi connectivity index (χ0v) is 21.8. The standard InChI is InChI=1S/C28H29BrN2O5/c1-31(20-15-35-16-20)14-21-24(17-6-4-3-5-7-17)28(18-8-10-19(29)11-9-18)27(33,26(21)32)25-22(34-2)12-30-13-23(25)36-28/h3-13,20-21,24,26,32-33H,14-16H2,1-2H3/t21-,24-,26-,27+,28+/m1/s1. The van der Waals surface area contributed by atoms with Crippen LogP contribution in [0.3, 0.4) is 0 Å². The summed E-state index contributed by atoms with van der Waals surface area (Å²) in [5, 5.41) is 25.0. The van der Waals surface area contributed by atoms with Crippen LogP contribution in [0.25, 0.3) is 0 Å². The van der Waals surface area contributed by atoms with Crippen molar-refractivity contribution in [3.8, 4) is 11.5 Å². The summed E-state index contributed by atoms with van der Waals surface area (Å²) in [6, 6.07) is 18.1. The minimum atomic E-state index is -1.79. The highest BCUT2D eigenvalue weighted by atomic mass is 79.9. The lowest BCUT2D eigenvalue weighted by molar-refractivity contribution is -0.153. The molecule has 36 heavy (non-hydrogen) atoms. The highest BCUT2D eigenvalue weighted by Crippen LogP contribution is 2.69. The molecule has 3 aromatic rings. The Morgan fingerprint density at radius 1 is 1.11 bits per heavy atom. The van der Waals surface area contributed by atoms with Gasteiger partial charge in [-0.2, -0.15) is 0 Å². The molecule has 2 fully saturated rings. The molecule has 1 aromatic heterocycles. The number of aliphatic hydroxyl groups excluding tert-OH is 1. The first-order valence-electron chi connectivity index (χ1n) is 12.1. The second-order valence-electron chi connectivity index (χ2n) is 9.95. The second kappa shape index (κ2) is 8.82. The van der Waals surface area contributed by atoms with Crippen molar-refractivity contribution in [2.75, 3.05) is 33.9 Å². The number of hydrogen-bond acceptors (Lipinski definition) is 7. The monoisotopic (exact) mass is 552 g/mol. The minimum Gasteiger partial charge on any atom is -0.495 e. The summed E-state index contributed by atoms with van der Waals surface area (Å²) in [5.74, 6) is 0.0817. The number of hydrogen-bond donors (Lipinski definition) is 2. The van der Waals surface area contributed by atoms with E-state index >= 15 is 0 Å². The second-order valence-corrected chi connectivity index (χ2v) is 10.9. The average molecular weight is 553 g/mol. The minimum absolute atomic E-state index is 0.277. The lowest BCUT2D eigenvalue weighted by atomic mass is 9.70. The Morgan fingerprint density at radius 3 is 2.47 bits per heavy atom. The molecule has 0 bridgehead atoms. The van der Waals surface area contributed by atoms with Crippen LogP contribution >= 0.6 is 15.9 Å². The van der Waals surface area contributed by atoms with E-state index in [4.69, 9.17) is 14.2 Å². The molecule has 0 unspecified atom stereocenters. The Balaban J connectivity index is 1.61. The van der Waals surface area contributed by atoms with Crippen LogP contribution in [0.15, 0.2) is 71.5 Å². The van der Waals surface area contributed by atoms with Crippen LogP contribution in [-0.4, -0.2) is 66.2 Å². The van der Waals surface area contributed by atoms with Gasteiger partial charge in [0.25, 0.3) is 0 Å². The SMILES string of the molecule is COc1cncc2c1[C@]1(O)[C@H](O)[C@H](CN(C)C3COC3)[C@@H](c3ccccc3)[C@]1(c1ccc(Br)cc1)O2. The Morgan fingerprint density at radius 2 is 1.83 bits per heavy atom. The third-order valence-corrected chi connectivity index (χ3v) is 8.72. The molecule has 0 spiro atoms. The predicted molar refractivity (Wildman–Crippen MR) is 137 cm³/mol. The van der Waals surface area contributed by atoms with Crippen LogP contribution in [0.2, 0.25) is 0 Å². The van der Waals surface area contributed by atoms with E-state index in [1.54, 1.807) is 12.4 Å². The number of fused-ring (bicyclic) bond motifs is 3. The van der Waals surface area contributed by atoms with Gasteiger partial charge < -0.3 is 24.4 Å². The maximum Gasteiger partial charge on any atom is 0.177 e. The summed E-state index contributed by atoms with van der Waals surface area (Å²) in [5.41, 5.74) is -0.898. The van der Waals surface area contributed by atoms with Crippen LogP contribution in [0.5, 0.6) is 11.5 Å². The third kappa shape index (κ3) is 3.22. The van der Waals surface area contributed by atoms with Crippen LogP contribution in [0.4, 0.5) is 0 Å². The van der Waals surface area contributed by atoms with Crippen LogP contribution in [-0.2, 0) is 15.9 Å². The maximum absolute atomic E-state index is 12.8. The van der Waals surface area contributed by atoms with E-state index in [2.05, 4.69) is 25.8 Å². The average Bonchev–Trinajstić information content (AvgIpc) is 3.22. The Kier molecular flexibility index (Phi) is 5.85. The smallest absolute Gasteiger partial charge is 0.177 e. The molecule has 1 saturated carbocycles. The fraction of sp³-hybridized carbons (Fsp3) is 0.393. The number of halogens is 1. The lowest BCUT2D eigenvalue weighted by Gasteiger charge is -2.41. The van der Waals surface area contributed by atoms with Gasteiger partial charge in [0.15, 0.2) is 11.2 Å². The zero-order valence-electron chi connectivity index (χ0n) is 20.2. The van der Waals surface area contributed by atoms with Crippen molar-refractivity contribution in [2.45, 2.75) is 29.3 Å². The number of aromatic nitrogens is 1. The summed E-state index contributed by atoms with van der Waals surface area (Å²) in [7, 11) is 3.59. The van der Waals surface area contributed by atoms with Gasteiger partial charge in [-0.1, -0.05) is 58.4 Å². The van der Waals surface area contributed by atoms with E-state index < -0.39 is 17.3 Å². The Hall–Kier alpha value is -2.49. The van der Waals surface area contributed by atoms with Crippen molar-refractivity contribution in [3.63, 3.8) is 0 Å². The van der Waals surface area contributed by atoms with Gasteiger partial charge in [0, 0.05) is 22.9 Å². The molecule has 5 atom stereocenters. The van der Waals surface area contributed by atoms with Crippen molar-refractivity contribution >= 4 is 15.9 Å². The topological polar surface area (TPSA) is 84.3 Å². The zero-order chi connectivity index (χ0) is 25.1. The van der Waals surface area contributed by atoms with E-state index in [0.29, 0.717) is 36.8 Å². The Bertz CT molecular complexity index is 1250. The molecule has 188 valence electrons. The number of methoxy groups -OCH3 is 1. The number of likely N-dealkylation sites (N-methyl/N-ethyl adjacent to an activating group) is 1. The van der Waals surface area contributed by atoms with Gasteiger partial charge in [-0.15, -0.1) is 0 Å². The van der Waals surface area contributed by atoms with Crippen LogP contribution in [0.1, 0.15) is 22.6 Å². The fourth-order valence-corrected chi connectivity index (χ4v) is 6.66. The summed E-state index contributed by atoms with van der Waals surface area (Å²) in [6.07, 6.45) is 2.01. The van der Waals surface area contributed by atoms with E-state index in [-0.39, 0.29) is 17.9 Å². The van der Waals surface area contributed by atoms with Gasteiger partial charge in [0.05, 0.1) is 50.4 Å². The van der Waals surface area contributed by atoms with Gasteiger partial charge in [0.2, 0.25) is 0 Å². The summed E-state index contributed by atoms with van der Waals surface area (Å²) < 4.78 is 18.8. The number of aliphatic hydroxyl groups is 2. The first kappa shape index (κ1) is 23.9. The molecular formula is C28H29BrN2O5. The van der Waals surface area contributed by atoms with Crippen molar-refractivity contribution in [3.05, 3.63) is 88.2 Å². The molecule has 0 amide bonds. The van der Waals surface area contributed by atoms with Crippen molar-refractivity contribution in [1.82, 2.24) is 9.88 Å². The molecule has 2 aromatic carbocycles. The van der Waals surface area contributed by atoms with E-state index in [1.807, 2.05) is 61.6 Å². The lowest BCUT2D eigenvalue weighted by Crippen LogP contribution is -2.52. The van der Waals surface area contributed by atoms with Gasteiger partial charge in [-0.25, -0.2) is 0 Å². The molecule has 8 heteroatoms. The van der Waals surface area contributed by atoms with Gasteiger partial charge in [-0.05, 0) is 30.3 Å². The van der Waals surface area contributed by atoms with E-state index in [1.165, 1.54) is 7.11 Å². The fourth-order valence-electron chi connectivity index (χ4n) is 6.39. The molecule has 1 aliphatic carbocycles. The summed E-state index contributed by atoms with van der Waals surface area (Å²) in [6.45, 7) is 1.88. The first-order valence-corrected chi connectivity index (χ1v) is 12.9. The predicted octanol–water partition coefficient (Wildman–Crippen LogP) is 3.43. The van der Waals surface area contributed by atoms with E-state index in [0.717, 1.165) is 15.6 Å². The van der Waals surface area contributed by atoms with Crippen LogP contribution in [0, 0.1) is 5.92 Å². The highest BCUT2D eigenvalue weighted by Gasteiger charge is 2.76. The molecule has 7 nitrogen and oxygen atoms in total. The number of benzene rings is 2. The number of pyridine rings is 1. The van der Waals surface area contributed by atoms with E-state index in [9.17, 15) is 10.2 Å². The normalized spacial score (nSPS) is 31.0. The number of rotatable bonds is 6. The molecule has 2 aliphatic heterocycles. The molecular weight excluding hydrogens is 524 g/mol. The highest BCUT2D eigenvalue weighted by molar-refractivity contribution is 9.10. The number of nitrogens with zero attached hydrogens (tertiary/aromatic N) is 2. The largest absolute Gasteiger partial charge is 0.495 e. The summed E-state index contributed by atoms with van der Waals surface area (Å²) >= 11 is 3.53. The third-order valence-electron chi connectivity index (χ3n) is 8.19. The summed E-state index contributed by atoms with van der Waals surface area (Å²) in [4.78, 5) is 6.50. The molecule has 0 radical (unpaired) electrons. The van der Waals surface area contributed by atoms with Crippen molar-refractivity contribution in [1.29, 1.82) is 0 Å². The van der Waals surface area contributed by atoms with Gasteiger partial charge in [0.1, 0.15) is 11.5 Å². The maximum atomic E-state index is 12.8. The van der Waals surface area contributed by atoms with Crippen molar-refractivity contribution in [2.24, 2.45) is 5.92 Å². The quantitative estimate of drug-likeness (QED) is 0.484. The molecule has 2 N–H and O–H groups in total. The number of ether oxygens (including phenoxy) is 3. The van der Waals surface area contributed by atoms with Gasteiger partial charge in [-0.3, -0.25) is 9.88 Å². The van der Waals surface area contributed by atoms with Gasteiger partial charge >= 0.3 is 0 Å². The molecule has 3 aliphatic rings. The molecule has 3 heterocycles. The van der Waals surface area contributed by atoms with Crippen molar-refractivity contribution < 1.29 is 24.4 Å². The molecule has 6 rings (SSSR count). The van der Waals surface area contributed by atoms with Crippen LogP contribution < -0.4 is 9.47 Å².